The van der Waals surface area contributed by atoms with E-state index in [-0.39, 0.29) is 5.69 Å². The van der Waals surface area contributed by atoms with Crippen LogP contribution in [0.25, 0.3) is 0 Å². The van der Waals surface area contributed by atoms with E-state index < -0.39 is 4.92 Å². The molecule has 0 saturated heterocycles. The highest BCUT2D eigenvalue weighted by molar-refractivity contribution is 9.11. The van der Waals surface area contributed by atoms with Crippen molar-refractivity contribution in [3.63, 3.8) is 0 Å². The molecule has 0 fully saturated rings. The molecule has 102 valence electrons. The van der Waals surface area contributed by atoms with Gasteiger partial charge in [0.2, 0.25) is 0 Å². The highest BCUT2D eigenvalue weighted by atomic mass is 79.9. The number of anilines is 1. The van der Waals surface area contributed by atoms with Crippen molar-refractivity contribution < 1.29 is 4.92 Å². The summed E-state index contributed by atoms with van der Waals surface area (Å²) in [7, 11) is 1.85. The molecule has 0 radical (unpaired) electrons. The van der Waals surface area contributed by atoms with Gasteiger partial charge in [0.15, 0.2) is 0 Å². The van der Waals surface area contributed by atoms with Crippen LogP contribution in [0.4, 0.5) is 11.4 Å². The summed E-state index contributed by atoms with van der Waals surface area (Å²) >= 11 is 5.00. The van der Waals surface area contributed by atoms with Crippen LogP contribution in [0.2, 0.25) is 0 Å². The average Bonchev–Trinajstić information content (AvgIpc) is 2.83. The number of nitriles is 1. The van der Waals surface area contributed by atoms with Gasteiger partial charge in [-0.05, 0) is 39.0 Å². The third-order valence-corrected chi connectivity index (χ3v) is 4.32. The van der Waals surface area contributed by atoms with E-state index in [4.69, 9.17) is 5.26 Å². The average molecular weight is 352 g/mol. The molecule has 0 amide bonds. The molecule has 0 saturated carbocycles. The highest BCUT2D eigenvalue weighted by Gasteiger charge is 2.14. The van der Waals surface area contributed by atoms with Crippen molar-refractivity contribution in [1.82, 2.24) is 0 Å². The molecule has 1 aromatic carbocycles. The number of non-ortho nitro benzene ring substituents is 1. The Morgan fingerprint density at radius 3 is 2.80 bits per heavy atom. The molecule has 0 unspecified atom stereocenters. The Labute approximate surface area is 128 Å². The summed E-state index contributed by atoms with van der Waals surface area (Å²) in [5.41, 5.74) is 2.03. The third-order valence-electron chi connectivity index (χ3n) is 2.76. The van der Waals surface area contributed by atoms with Crippen molar-refractivity contribution in [3.05, 3.63) is 54.7 Å². The molecule has 0 bridgehead atoms. The molecule has 7 heteroatoms. The summed E-state index contributed by atoms with van der Waals surface area (Å²) in [5.74, 6) is 0. The van der Waals surface area contributed by atoms with Crippen molar-refractivity contribution in [2.45, 2.75) is 6.54 Å². The van der Waals surface area contributed by atoms with Crippen LogP contribution in [-0.4, -0.2) is 12.0 Å². The van der Waals surface area contributed by atoms with Gasteiger partial charge in [-0.2, -0.15) is 5.26 Å². The minimum Gasteiger partial charge on any atom is -0.369 e. The van der Waals surface area contributed by atoms with Crippen LogP contribution in [0.3, 0.4) is 0 Å². The maximum absolute atomic E-state index is 10.7. The normalized spacial score (nSPS) is 10.1. The van der Waals surface area contributed by atoms with Crippen molar-refractivity contribution in [2.24, 2.45) is 0 Å². The Balaban J connectivity index is 2.27. The van der Waals surface area contributed by atoms with Crippen LogP contribution in [-0.2, 0) is 6.54 Å². The Morgan fingerprint density at radius 2 is 2.25 bits per heavy atom. The number of hydrogen-bond acceptors (Lipinski definition) is 5. The van der Waals surface area contributed by atoms with E-state index in [9.17, 15) is 10.1 Å². The smallest absolute Gasteiger partial charge is 0.270 e. The summed E-state index contributed by atoms with van der Waals surface area (Å²) in [6.45, 7) is 0.634. The first-order valence-electron chi connectivity index (χ1n) is 5.64. The first-order valence-corrected chi connectivity index (χ1v) is 7.31. The van der Waals surface area contributed by atoms with E-state index in [0.717, 1.165) is 9.35 Å². The second-order valence-electron chi connectivity index (χ2n) is 4.19. The number of nitrogens with zero attached hydrogens (tertiary/aromatic N) is 3. The molecule has 0 atom stereocenters. The zero-order valence-corrected chi connectivity index (χ0v) is 12.9. The molecular weight excluding hydrogens is 342 g/mol. The van der Waals surface area contributed by atoms with Gasteiger partial charge >= 0.3 is 0 Å². The first-order chi connectivity index (χ1) is 9.51. The minimum atomic E-state index is -0.499. The molecule has 0 spiro atoms. The zero-order valence-electron chi connectivity index (χ0n) is 10.5. The first kappa shape index (κ1) is 14.5. The summed E-state index contributed by atoms with van der Waals surface area (Å²) in [4.78, 5) is 12.1. The van der Waals surface area contributed by atoms with E-state index in [2.05, 4.69) is 15.9 Å². The highest BCUT2D eigenvalue weighted by Crippen LogP contribution is 2.27. The van der Waals surface area contributed by atoms with Crippen molar-refractivity contribution >= 4 is 38.6 Å². The van der Waals surface area contributed by atoms with E-state index in [1.54, 1.807) is 17.4 Å². The summed E-state index contributed by atoms with van der Waals surface area (Å²) < 4.78 is 1.05. The number of nitro groups is 1. The van der Waals surface area contributed by atoms with Crippen LogP contribution in [0, 0.1) is 21.4 Å². The van der Waals surface area contributed by atoms with Crippen LogP contribution < -0.4 is 4.90 Å². The number of halogens is 1. The van der Waals surface area contributed by atoms with Gasteiger partial charge in [0.1, 0.15) is 6.07 Å². The number of thiophene rings is 1. The number of benzene rings is 1. The second kappa shape index (κ2) is 6.03. The lowest BCUT2D eigenvalue weighted by molar-refractivity contribution is -0.384. The van der Waals surface area contributed by atoms with Gasteiger partial charge in [0, 0.05) is 25.7 Å². The van der Waals surface area contributed by atoms with E-state index in [1.807, 2.05) is 29.5 Å². The third kappa shape index (κ3) is 3.15. The molecule has 2 aromatic rings. The largest absolute Gasteiger partial charge is 0.369 e. The van der Waals surface area contributed by atoms with Gasteiger partial charge in [-0.15, -0.1) is 11.3 Å². The number of rotatable bonds is 4. The fraction of sp³-hybridized carbons (Fsp3) is 0.154. The lowest BCUT2D eigenvalue weighted by atomic mass is 10.1. The van der Waals surface area contributed by atoms with Gasteiger partial charge in [-0.1, -0.05) is 0 Å². The Kier molecular flexibility index (Phi) is 4.37. The summed E-state index contributed by atoms with van der Waals surface area (Å²) in [6.07, 6.45) is 0. The monoisotopic (exact) mass is 351 g/mol. The van der Waals surface area contributed by atoms with Gasteiger partial charge in [0.05, 0.1) is 20.0 Å². The predicted molar refractivity (Wildman–Crippen MR) is 81.9 cm³/mol. The predicted octanol–water partition coefficient (Wildman–Crippen LogP) is 3.93. The van der Waals surface area contributed by atoms with Gasteiger partial charge in [-0.3, -0.25) is 10.1 Å². The topological polar surface area (TPSA) is 70.2 Å². The molecule has 1 heterocycles. The second-order valence-corrected chi connectivity index (χ2v) is 6.48. The molecule has 1 aromatic heterocycles. The Morgan fingerprint density at radius 1 is 1.50 bits per heavy atom. The van der Waals surface area contributed by atoms with Crippen LogP contribution in [0.1, 0.15) is 11.1 Å². The Bertz CT molecular complexity index is 693. The van der Waals surface area contributed by atoms with E-state index in [1.165, 1.54) is 12.1 Å². The van der Waals surface area contributed by atoms with Crippen molar-refractivity contribution in [1.29, 1.82) is 5.26 Å². The molecule has 0 aliphatic rings. The van der Waals surface area contributed by atoms with Crippen molar-refractivity contribution in [3.8, 4) is 6.07 Å². The molecule has 2 rings (SSSR count). The fourth-order valence-corrected chi connectivity index (χ4v) is 3.05. The molecule has 0 aliphatic heterocycles. The number of nitro benzene ring substituents is 1. The van der Waals surface area contributed by atoms with Crippen LogP contribution in [0.15, 0.2) is 33.4 Å². The van der Waals surface area contributed by atoms with E-state index >= 15 is 0 Å². The quantitative estimate of drug-likeness (QED) is 0.618. The molecule has 0 N–H and O–H groups in total. The summed E-state index contributed by atoms with van der Waals surface area (Å²) in [5, 5.41) is 21.9. The minimum absolute atomic E-state index is 0.0722. The fourth-order valence-electron chi connectivity index (χ4n) is 1.85. The van der Waals surface area contributed by atoms with Gasteiger partial charge < -0.3 is 4.90 Å². The lowest BCUT2D eigenvalue weighted by Crippen LogP contribution is -2.17. The van der Waals surface area contributed by atoms with Gasteiger partial charge in [0.25, 0.3) is 5.69 Å². The molecular formula is C13H10BrN3O2S. The molecule has 20 heavy (non-hydrogen) atoms. The van der Waals surface area contributed by atoms with Gasteiger partial charge in [-0.25, -0.2) is 0 Å². The summed E-state index contributed by atoms with van der Waals surface area (Å²) in [6, 6.07) is 8.35. The SMILES string of the molecule is CN(Cc1csc(Br)c1)c1ccc([N+](=O)[O-])cc1C#N. The van der Waals surface area contributed by atoms with Crippen LogP contribution in [0.5, 0.6) is 0 Å². The zero-order chi connectivity index (χ0) is 14.7. The Hall–Kier alpha value is -1.91. The standard InChI is InChI=1S/C13H10BrN3O2S/c1-16(7-9-4-13(14)20-8-9)12-3-2-11(17(18)19)5-10(12)6-15/h2-5,8H,7H2,1H3. The lowest BCUT2D eigenvalue weighted by Gasteiger charge is -2.19. The number of hydrogen-bond donors (Lipinski definition) is 0. The molecule has 5 nitrogen and oxygen atoms in total. The van der Waals surface area contributed by atoms with Crippen molar-refractivity contribution in [2.75, 3.05) is 11.9 Å². The molecule has 0 aliphatic carbocycles. The maximum Gasteiger partial charge on any atom is 0.270 e. The van der Waals surface area contributed by atoms with E-state index in [0.29, 0.717) is 17.8 Å². The van der Waals surface area contributed by atoms with Crippen LogP contribution >= 0.6 is 27.3 Å². The maximum atomic E-state index is 10.7.